The minimum absolute atomic E-state index is 0.150. The Balaban J connectivity index is 2.74. The predicted octanol–water partition coefficient (Wildman–Crippen LogP) is -0.122. The monoisotopic (exact) mass is 178 g/mol. The molecule has 3 nitrogen and oxygen atoms in total. The summed E-state index contributed by atoms with van der Waals surface area (Å²) in [6, 6.07) is 0.292. The van der Waals surface area contributed by atoms with Crippen LogP contribution in [0.25, 0.3) is 0 Å². The largest absolute Gasteiger partial charge is 0.327 e. The third-order valence-corrected chi connectivity index (χ3v) is 4.76. The maximum absolute atomic E-state index is 11.1. The number of nitrogens with zero attached hydrogens (tertiary/aromatic N) is 1. The van der Waals surface area contributed by atoms with Gasteiger partial charge in [0.2, 0.25) is 0 Å². The quantitative estimate of drug-likeness (QED) is 0.525. The van der Waals surface area contributed by atoms with Gasteiger partial charge in [0.15, 0.2) is 9.84 Å². The van der Waals surface area contributed by atoms with Crippen LogP contribution in [0.4, 0.5) is 0 Å². The number of quaternary nitrogens is 1. The lowest BCUT2D eigenvalue weighted by atomic mass is 10.2. The Morgan fingerprint density at radius 1 is 1.27 bits per heavy atom. The second kappa shape index (κ2) is 2.20. The van der Waals surface area contributed by atoms with E-state index in [1.807, 2.05) is 21.1 Å². The molecule has 0 radical (unpaired) electrons. The molecule has 4 heteroatoms. The average Bonchev–Trinajstić information content (AvgIpc) is 1.80. The highest BCUT2D eigenvalue weighted by Gasteiger charge is 2.50. The van der Waals surface area contributed by atoms with Crippen molar-refractivity contribution in [3.05, 3.63) is 0 Å². The maximum atomic E-state index is 11.1. The van der Waals surface area contributed by atoms with Crippen LogP contribution >= 0.6 is 0 Å². The average molecular weight is 178 g/mol. The Bertz CT molecular complexity index is 250. The van der Waals surface area contributed by atoms with Crippen molar-refractivity contribution in [1.82, 2.24) is 0 Å². The first kappa shape index (κ1) is 9.00. The Labute approximate surface area is 68.5 Å². The van der Waals surface area contributed by atoms with Gasteiger partial charge in [-0.15, -0.1) is 0 Å². The van der Waals surface area contributed by atoms with E-state index >= 15 is 0 Å². The molecule has 0 amide bonds. The normalized spacial score (nSPS) is 36.4. The van der Waals surface area contributed by atoms with Crippen LogP contribution in [0.3, 0.4) is 0 Å². The molecule has 1 heterocycles. The summed E-state index contributed by atoms with van der Waals surface area (Å²) < 4.78 is 22.9. The van der Waals surface area contributed by atoms with Crippen LogP contribution in [0, 0.1) is 0 Å². The van der Waals surface area contributed by atoms with Crippen LogP contribution in [0.15, 0.2) is 0 Å². The van der Waals surface area contributed by atoms with E-state index in [2.05, 4.69) is 0 Å². The Kier molecular flexibility index (Phi) is 1.80. The Hall–Kier alpha value is -0.0900. The minimum Gasteiger partial charge on any atom is -0.327 e. The second-order valence-electron chi connectivity index (χ2n) is 4.22. The van der Waals surface area contributed by atoms with E-state index in [0.29, 0.717) is 11.8 Å². The van der Waals surface area contributed by atoms with E-state index in [1.165, 1.54) is 0 Å². The first-order valence-corrected chi connectivity index (χ1v) is 5.49. The lowest BCUT2D eigenvalue weighted by molar-refractivity contribution is -0.894. The molecule has 11 heavy (non-hydrogen) atoms. The van der Waals surface area contributed by atoms with Gasteiger partial charge in [-0.25, -0.2) is 8.42 Å². The summed E-state index contributed by atoms with van der Waals surface area (Å²) >= 11 is 0. The zero-order valence-corrected chi connectivity index (χ0v) is 8.35. The summed E-state index contributed by atoms with van der Waals surface area (Å²) in [5, 5.41) is -0.150. The summed E-state index contributed by atoms with van der Waals surface area (Å²) in [7, 11) is 3.40. The summed E-state index contributed by atoms with van der Waals surface area (Å²) in [5.41, 5.74) is 0. The molecule has 0 N–H and O–H groups in total. The van der Waals surface area contributed by atoms with Crippen LogP contribution in [0.5, 0.6) is 0 Å². The van der Waals surface area contributed by atoms with Crippen molar-refractivity contribution in [2.24, 2.45) is 0 Å². The van der Waals surface area contributed by atoms with E-state index in [1.54, 1.807) is 6.92 Å². The smallest absolute Gasteiger partial charge is 0.164 e. The van der Waals surface area contributed by atoms with Gasteiger partial charge in [-0.3, -0.25) is 0 Å². The molecule has 0 unspecified atom stereocenters. The number of rotatable bonds is 1. The molecule has 1 aliphatic heterocycles. The third-order valence-electron chi connectivity index (χ3n) is 2.51. The molecule has 0 spiro atoms. The highest BCUT2D eigenvalue weighted by Crippen LogP contribution is 2.27. The molecule has 2 atom stereocenters. The van der Waals surface area contributed by atoms with E-state index in [4.69, 9.17) is 0 Å². The number of hydrogen-bond donors (Lipinski definition) is 0. The maximum Gasteiger partial charge on any atom is 0.164 e. The molecule has 0 saturated carbocycles. The van der Waals surface area contributed by atoms with Gasteiger partial charge in [0.1, 0.15) is 17.0 Å². The molecular formula is C7H16NO2S+. The fourth-order valence-corrected chi connectivity index (χ4v) is 3.59. The van der Waals surface area contributed by atoms with E-state index in [-0.39, 0.29) is 5.25 Å². The standard InChI is InChI=1S/C7H16NO2S/c1-6-7(8(2,3)4)5-11(6,9)10/h6-7H,5H2,1-4H3/q+1/t6-,7+/m0/s1. The lowest BCUT2D eigenvalue weighted by Gasteiger charge is -2.43. The molecule has 0 aliphatic carbocycles. The van der Waals surface area contributed by atoms with Gasteiger partial charge < -0.3 is 4.48 Å². The topological polar surface area (TPSA) is 34.1 Å². The molecule has 1 rings (SSSR count). The van der Waals surface area contributed by atoms with Gasteiger partial charge in [-0.05, 0) is 6.92 Å². The summed E-state index contributed by atoms with van der Waals surface area (Å²) in [6.45, 7) is 1.80. The first-order chi connectivity index (χ1) is 4.75. The third kappa shape index (κ3) is 1.42. The zero-order chi connectivity index (χ0) is 8.86. The molecule has 66 valence electrons. The Morgan fingerprint density at radius 2 is 1.73 bits per heavy atom. The summed E-state index contributed by atoms with van der Waals surface area (Å²) in [4.78, 5) is 0. The lowest BCUT2D eigenvalue weighted by Crippen LogP contribution is -2.64. The molecule has 0 aromatic heterocycles. The van der Waals surface area contributed by atoms with Gasteiger partial charge >= 0.3 is 0 Å². The predicted molar refractivity (Wildman–Crippen MR) is 45.1 cm³/mol. The summed E-state index contributed by atoms with van der Waals surface area (Å²) in [6.07, 6.45) is 0. The van der Waals surface area contributed by atoms with Gasteiger partial charge in [-0.1, -0.05) is 0 Å². The van der Waals surface area contributed by atoms with Crippen LogP contribution in [0.2, 0.25) is 0 Å². The van der Waals surface area contributed by atoms with Crippen molar-refractivity contribution in [2.45, 2.75) is 18.2 Å². The molecule has 1 aliphatic rings. The van der Waals surface area contributed by atoms with Crippen molar-refractivity contribution in [2.75, 3.05) is 26.9 Å². The number of hydrogen-bond acceptors (Lipinski definition) is 2. The minimum atomic E-state index is -2.71. The van der Waals surface area contributed by atoms with Crippen molar-refractivity contribution in [3.8, 4) is 0 Å². The SMILES string of the molecule is C[C@H]1[C@H]([N+](C)(C)C)CS1(=O)=O. The van der Waals surface area contributed by atoms with Crippen LogP contribution in [0.1, 0.15) is 6.92 Å². The molecule has 0 bridgehead atoms. The molecule has 1 saturated heterocycles. The highest BCUT2D eigenvalue weighted by atomic mass is 32.2. The van der Waals surface area contributed by atoms with Crippen molar-refractivity contribution < 1.29 is 12.9 Å². The molecular weight excluding hydrogens is 162 g/mol. The van der Waals surface area contributed by atoms with Crippen molar-refractivity contribution >= 4 is 9.84 Å². The second-order valence-corrected chi connectivity index (χ2v) is 6.62. The Morgan fingerprint density at radius 3 is 1.82 bits per heavy atom. The van der Waals surface area contributed by atoms with Crippen LogP contribution < -0.4 is 0 Å². The van der Waals surface area contributed by atoms with Gasteiger partial charge in [0, 0.05) is 0 Å². The molecule has 0 aromatic carbocycles. The van der Waals surface area contributed by atoms with E-state index in [0.717, 1.165) is 4.48 Å². The van der Waals surface area contributed by atoms with Crippen molar-refractivity contribution in [3.63, 3.8) is 0 Å². The van der Waals surface area contributed by atoms with Crippen molar-refractivity contribution in [1.29, 1.82) is 0 Å². The van der Waals surface area contributed by atoms with Gasteiger partial charge in [-0.2, -0.15) is 0 Å². The van der Waals surface area contributed by atoms with E-state index in [9.17, 15) is 8.42 Å². The van der Waals surface area contributed by atoms with Gasteiger partial charge in [0.25, 0.3) is 0 Å². The highest BCUT2D eigenvalue weighted by molar-refractivity contribution is 7.93. The summed E-state index contributed by atoms with van der Waals surface area (Å²) in [5.74, 6) is 0.359. The van der Waals surface area contributed by atoms with Crippen LogP contribution in [-0.4, -0.2) is 51.1 Å². The fourth-order valence-electron chi connectivity index (χ4n) is 1.50. The fraction of sp³-hybridized carbons (Fsp3) is 1.00. The van der Waals surface area contributed by atoms with Crippen LogP contribution in [-0.2, 0) is 9.84 Å². The van der Waals surface area contributed by atoms with Gasteiger partial charge in [0.05, 0.1) is 21.1 Å². The first-order valence-electron chi connectivity index (χ1n) is 3.78. The zero-order valence-electron chi connectivity index (χ0n) is 7.53. The molecule has 0 aromatic rings. The molecule has 1 fully saturated rings. The number of sulfone groups is 1. The van der Waals surface area contributed by atoms with E-state index < -0.39 is 9.84 Å².